The van der Waals surface area contributed by atoms with Crippen molar-refractivity contribution in [1.82, 2.24) is 10.2 Å². The molecular formula is C15H26N2O2. The third-order valence-electron chi connectivity index (χ3n) is 4.08. The molecule has 1 aliphatic rings. The molecule has 1 aromatic heterocycles. The van der Waals surface area contributed by atoms with Crippen LogP contribution in [0.15, 0.2) is 22.8 Å². The first-order valence-corrected chi connectivity index (χ1v) is 7.22. The summed E-state index contributed by atoms with van der Waals surface area (Å²) in [6.45, 7) is 8.28. The van der Waals surface area contributed by atoms with Gasteiger partial charge in [-0.1, -0.05) is 6.92 Å². The topological polar surface area (TPSA) is 37.6 Å². The highest BCUT2D eigenvalue weighted by Gasteiger charge is 2.33. The highest BCUT2D eigenvalue weighted by molar-refractivity contribution is 4.98. The highest BCUT2D eigenvalue weighted by Crippen LogP contribution is 2.30. The first-order valence-electron chi connectivity index (χ1n) is 7.22. The number of rotatable bonds is 7. The van der Waals surface area contributed by atoms with E-state index in [-0.39, 0.29) is 0 Å². The zero-order chi connectivity index (χ0) is 13.6. The predicted octanol–water partition coefficient (Wildman–Crippen LogP) is 2.12. The van der Waals surface area contributed by atoms with Gasteiger partial charge < -0.3 is 14.5 Å². The van der Waals surface area contributed by atoms with E-state index in [4.69, 9.17) is 9.15 Å². The molecule has 0 saturated carbocycles. The molecule has 4 nitrogen and oxygen atoms in total. The Morgan fingerprint density at radius 2 is 2.21 bits per heavy atom. The molecule has 0 unspecified atom stereocenters. The summed E-state index contributed by atoms with van der Waals surface area (Å²) in [5.41, 5.74) is 0.294. The molecule has 1 aliphatic heterocycles. The van der Waals surface area contributed by atoms with Crippen molar-refractivity contribution in [3.05, 3.63) is 24.2 Å². The van der Waals surface area contributed by atoms with E-state index < -0.39 is 0 Å². The molecule has 1 saturated heterocycles. The maximum absolute atomic E-state index is 5.49. The van der Waals surface area contributed by atoms with E-state index in [1.807, 2.05) is 19.2 Å². The molecule has 1 fully saturated rings. The molecule has 1 aromatic rings. The van der Waals surface area contributed by atoms with Crippen LogP contribution in [0.4, 0.5) is 0 Å². The van der Waals surface area contributed by atoms with Crippen LogP contribution in [0.25, 0.3) is 0 Å². The summed E-state index contributed by atoms with van der Waals surface area (Å²) in [7, 11) is 1.81. The van der Waals surface area contributed by atoms with Gasteiger partial charge in [-0.3, -0.25) is 4.90 Å². The largest absolute Gasteiger partial charge is 0.468 e. The molecule has 108 valence electrons. The van der Waals surface area contributed by atoms with E-state index in [2.05, 4.69) is 17.1 Å². The lowest BCUT2D eigenvalue weighted by atomic mass is 9.79. The molecule has 0 atom stereocenters. The number of nitrogens with one attached hydrogen (secondary N) is 1. The van der Waals surface area contributed by atoms with Crippen LogP contribution in [0.1, 0.15) is 25.5 Å². The third-order valence-corrected chi connectivity index (χ3v) is 4.08. The number of hydrogen-bond donors (Lipinski definition) is 1. The lowest BCUT2D eigenvalue weighted by Gasteiger charge is -2.40. The Hall–Kier alpha value is -0.840. The van der Waals surface area contributed by atoms with Crippen LogP contribution in [0.3, 0.4) is 0 Å². The second-order valence-corrected chi connectivity index (χ2v) is 5.57. The Kier molecular flexibility index (Phi) is 5.43. The van der Waals surface area contributed by atoms with Crippen LogP contribution in [-0.2, 0) is 11.3 Å². The fraction of sp³-hybridized carbons (Fsp3) is 0.733. The number of piperidine rings is 1. The SMILES string of the molecule is CCN(Cc1ccco1)CC1(COC)CCNCC1. The van der Waals surface area contributed by atoms with Gasteiger partial charge in [0.1, 0.15) is 5.76 Å². The van der Waals surface area contributed by atoms with Crippen molar-refractivity contribution in [2.24, 2.45) is 5.41 Å². The van der Waals surface area contributed by atoms with Crippen LogP contribution >= 0.6 is 0 Å². The van der Waals surface area contributed by atoms with Crippen LogP contribution in [0, 0.1) is 5.41 Å². The molecule has 0 amide bonds. The Balaban J connectivity index is 1.97. The van der Waals surface area contributed by atoms with E-state index in [0.29, 0.717) is 5.41 Å². The van der Waals surface area contributed by atoms with Crippen molar-refractivity contribution < 1.29 is 9.15 Å². The molecule has 0 aromatic carbocycles. The molecule has 0 bridgehead atoms. The minimum Gasteiger partial charge on any atom is -0.468 e. The summed E-state index contributed by atoms with van der Waals surface area (Å²) in [4.78, 5) is 2.46. The fourth-order valence-electron chi connectivity index (χ4n) is 2.99. The van der Waals surface area contributed by atoms with Crippen molar-refractivity contribution in [3.8, 4) is 0 Å². The van der Waals surface area contributed by atoms with Gasteiger partial charge in [-0.15, -0.1) is 0 Å². The zero-order valence-corrected chi connectivity index (χ0v) is 12.2. The Bertz CT molecular complexity index is 340. The summed E-state index contributed by atoms with van der Waals surface area (Å²) in [6, 6.07) is 4.01. The molecule has 0 spiro atoms. The molecular weight excluding hydrogens is 240 g/mol. The number of nitrogens with zero attached hydrogens (tertiary/aromatic N) is 1. The van der Waals surface area contributed by atoms with Gasteiger partial charge in [0.25, 0.3) is 0 Å². The van der Waals surface area contributed by atoms with Gasteiger partial charge in [0.2, 0.25) is 0 Å². The van der Waals surface area contributed by atoms with Crippen molar-refractivity contribution in [3.63, 3.8) is 0 Å². The first-order chi connectivity index (χ1) is 9.28. The lowest BCUT2D eigenvalue weighted by Crippen LogP contribution is -2.47. The Morgan fingerprint density at radius 3 is 2.79 bits per heavy atom. The minimum absolute atomic E-state index is 0.294. The van der Waals surface area contributed by atoms with Crippen LogP contribution in [0.2, 0.25) is 0 Å². The van der Waals surface area contributed by atoms with Gasteiger partial charge in [0.05, 0.1) is 19.4 Å². The van der Waals surface area contributed by atoms with Gasteiger partial charge in [-0.05, 0) is 44.6 Å². The number of hydrogen-bond acceptors (Lipinski definition) is 4. The van der Waals surface area contributed by atoms with Crippen molar-refractivity contribution >= 4 is 0 Å². The molecule has 2 rings (SSSR count). The normalized spacial score (nSPS) is 18.9. The monoisotopic (exact) mass is 266 g/mol. The smallest absolute Gasteiger partial charge is 0.117 e. The Labute approximate surface area is 116 Å². The summed E-state index contributed by atoms with van der Waals surface area (Å²) in [5, 5.41) is 3.44. The van der Waals surface area contributed by atoms with E-state index in [1.165, 1.54) is 12.8 Å². The predicted molar refractivity (Wildman–Crippen MR) is 76.1 cm³/mol. The van der Waals surface area contributed by atoms with E-state index in [1.54, 1.807) is 6.26 Å². The summed E-state index contributed by atoms with van der Waals surface area (Å²) < 4.78 is 11.0. The molecule has 0 radical (unpaired) electrons. The molecule has 2 heterocycles. The standard InChI is InChI=1S/C15H26N2O2/c1-3-17(11-14-5-4-10-19-14)12-15(13-18-2)6-8-16-9-7-15/h4-5,10,16H,3,6-9,11-13H2,1-2H3. The van der Waals surface area contributed by atoms with Crippen LogP contribution in [0.5, 0.6) is 0 Å². The summed E-state index contributed by atoms with van der Waals surface area (Å²) >= 11 is 0. The minimum atomic E-state index is 0.294. The van der Waals surface area contributed by atoms with Crippen LogP contribution in [-0.4, -0.2) is 44.8 Å². The highest BCUT2D eigenvalue weighted by atomic mass is 16.5. The average molecular weight is 266 g/mol. The third kappa shape index (κ3) is 4.06. The molecule has 1 N–H and O–H groups in total. The number of ether oxygens (including phenoxy) is 1. The van der Waals surface area contributed by atoms with Crippen LogP contribution < -0.4 is 5.32 Å². The van der Waals surface area contributed by atoms with Gasteiger partial charge in [0.15, 0.2) is 0 Å². The zero-order valence-electron chi connectivity index (χ0n) is 12.2. The van der Waals surface area contributed by atoms with Gasteiger partial charge in [-0.2, -0.15) is 0 Å². The summed E-state index contributed by atoms with van der Waals surface area (Å²) in [5.74, 6) is 1.04. The number of furan rings is 1. The lowest BCUT2D eigenvalue weighted by molar-refractivity contribution is 0.0201. The molecule has 19 heavy (non-hydrogen) atoms. The van der Waals surface area contributed by atoms with E-state index in [9.17, 15) is 0 Å². The average Bonchev–Trinajstić information content (AvgIpc) is 2.92. The molecule has 4 heteroatoms. The maximum Gasteiger partial charge on any atom is 0.117 e. The maximum atomic E-state index is 5.49. The van der Waals surface area contributed by atoms with Gasteiger partial charge >= 0.3 is 0 Å². The van der Waals surface area contributed by atoms with Crippen molar-refractivity contribution in [1.29, 1.82) is 0 Å². The first kappa shape index (κ1) is 14.6. The Morgan fingerprint density at radius 1 is 1.42 bits per heavy atom. The van der Waals surface area contributed by atoms with Crippen molar-refractivity contribution in [2.45, 2.75) is 26.3 Å². The van der Waals surface area contributed by atoms with Gasteiger partial charge in [0, 0.05) is 19.1 Å². The van der Waals surface area contributed by atoms with E-state index >= 15 is 0 Å². The second-order valence-electron chi connectivity index (χ2n) is 5.57. The van der Waals surface area contributed by atoms with Crippen molar-refractivity contribution in [2.75, 3.05) is 39.9 Å². The summed E-state index contributed by atoms with van der Waals surface area (Å²) in [6.07, 6.45) is 4.13. The van der Waals surface area contributed by atoms with E-state index in [0.717, 1.165) is 45.1 Å². The number of methoxy groups -OCH3 is 1. The fourth-order valence-corrected chi connectivity index (χ4v) is 2.99. The second kappa shape index (κ2) is 7.08. The quantitative estimate of drug-likeness (QED) is 0.820. The molecule has 0 aliphatic carbocycles. The van der Waals surface area contributed by atoms with Gasteiger partial charge in [-0.25, -0.2) is 0 Å².